The first-order valence-electron chi connectivity index (χ1n) is 12.9. The Bertz CT molecular complexity index is 1290. The van der Waals surface area contributed by atoms with Gasteiger partial charge in [-0.05, 0) is 43.2 Å². The van der Waals surface area contributed by atoms with Crippen molar-refractivity contribution in [2.75, 3.05) is 6.54 Å². The minimum absolute atomic E-state index is 0.388. The summed E-state index contributed by atoms with van der Waals surface area (Å²) in [5.41, 5.74) is 2.53. The van der Waals surface area contributed by atoms with Crippen LogP contribution in [-0.4, -0.2) is 63.6 Å². The number of benzene rings is 1. The number of aryl methyl sites for hydroxylation is 1. The number of rotatable bonds is 7. The smallest absolute Gasteiger partial charge is 0.246 e. The van der Waals surface area contributed by atoms with Gasteiger partial charge in [0.1, 0.15) is 23.6 Å². The molecule has 0 spiro atoms. The summed E-state index contributed by atoms with van der Waals surface area (Å²) in [6.45, 7) is 8.50. The second-order valence-electron chi connectivity index (χ2n) is 11.5. The molecule has 2 heterocycles. The monoisotopic (exact) mass is 555 g/mol. The van der Waals surface area contributed by atoms with Gasteiger partial charge in [-0.1, -0.05) is 45.0 Å². The molecule has 2 fully saturated rings. The number of nitriles is 1. The van der Waals surface area contributed by atoms with Crippen LogP contribution in [0.15, 0.2) is 29.8 Å². The number of thiazole rings is 1. The van der Waals surface area contributed by atoms with Gasteiger partial charge in [0.15, 0.2) is 6.17 Å². The fraction of sp³-hybridized carbons (Fsp3) is 0.536. The van der Waals surface area contributed by atoms with Crippen molar-refractivity contribution >= 4 is 29.1 Å². The van der Waals surface area contributed by atoms with E-state index < -0.39 is 59.0 Å². The Kier molecular flexibility index (Phi) is 7.83. The molecule has 2 aliphatic rings. The van der Waals surface area contributed by atoms with E-state index in [0.717, 1.165) is 26.6 Å². The van der Waals surface area contributed by atoms with Crippen LogP contribution in [0.5, 0.6) is 0 Å². The molecule has 1 saturated carbocycles. The number of aromatic nitrogens is 1. The number of hydrogen-bond donors (Lipinski definition) is 3. The Morgan fingerprint density at radius 2 is 1.87 bits per heavy atom. The van der Waals surface area contributed by atoms with Crippen molar-refractivity contribution in [2.24, 2.45) is 10.8 Å². The fourth-order valence-corrected chi connectivity index (χ4v) is 5.61. The molecule has 3 N–H and O–H groups in total. The largest absolute Gasteiger partial charge is 0.388 e. The van der Waals surface area contributed by atoms with Gasteiger partial charge in [0, 0.05) is 0 Å². The Balaban J connectivity index is 1.50. The highest BCUT2D eigenvalue weighted by molar-refractivity contribution is 7.13. The normalized spacial score (nSPS) is 23.4. The summed E-state index contributed by atoms with van der Waals surface area (Å²) >= 11 is 1.54. The summed E-state index contributed by atoms with van der Waals surface area (Å²) in [4.78, 5) is 46.1. The number of halogens is 1. The van der Waals surface area contributed by atoms with Crippen molar-refractivity contribution in [3.8, 4) is 16.5 Å². The van der Waals surface area contributed by atoms with E-state index in [-0.39, 0.29) is 6.54 Å². The van der Waals surface area contributed by atoms with Gasteiger partial charge in [-0.2, -0.15) is 5.26 Å². The van der Waals surface area contributed by atoms with Gasteiger partial charge in [0.25, 0.3) is 0 Å². The molecule has 0 bridgehead atoms. The number of aliphatic hydroxyl groups is 1. The first kappa shape index (κ1) is 28.6. The molecule has 9 nitrogen and oxygen atoms in total. The van der Waals surface area contributed by atoms with E-state index in [1.54, 1.807) is 33.2 Å². The van der Waals surface area contributed by atoms with E-state index in [1.165, 1.54) is 11.3 Å². The number of likely N-dealkylation sites (tertiary alicyclic amines) is 1. The lowest BCUT2D eigenvalue weighted by Gasteiger charge is -2.36. The Hall–Kier alpha value is -3.36. The highest BCUT2D eigenvalue weighted by Crippen LogP contribution is 2.45. The Morgan fingerprint density at radius 1 is 1.23 bits per heavy atom. The molecule has 1 saturated heterocycles. The average molecular weight is 556 g/mol. The molecular weight excluding hydrogens is 521 g/mol. The van der Waals surface area contributed by atoms with Gasteiger partial charge in [0.05, 0.1) is 34.7 Å². The minimum Gasteiger partial charge on any atom is -0.388 e. The van der Waals surface area contributed by atoms with Crippen LogP contribution in [-0.2, 0) is 14.4 Å². The summed E-state index contributed by atoms with van der Waals surface area (Å²) in [5, 5.41) is 25.1. The molecule has 0 unspecified atom stereocenters. The van der Waals surface area contributed by atoms with Crippen molar-refractivity contribution in [3.63, 3.8) is 0 Å². The fourth-order valence-electron chi connectivity index (χ4n) is 4.79. The summed E-state index contributed by atoms with van der Waals surface area (Å²) in [7, 11) is 0. The van der Waals surface area contributed by atoms with E-state index in [0.29, 0.717) is 12.8 Å². The number of hydrogen-bond acceptors (Lipinski definition) is 7. The number of carbonyl (C=O) groups is 3. The molecule has 4 rings (SSSR count). The Labute approximate surface area is 231 Å². The van der Waals surface area contributed by atoms with Gasteiger partial charge in [-0.15, -0.1) is 11.3 Å². The molecule has 1 aliphatic carbocycles. The van der Waals surface area contributed by atoms with Crippen LogP contribution in [0, 0.1) is 29.1 Å². The zero-order valence-electron chi connectivity index (χ0n) is 22.7. The zero-order valence-corrected chi connectivity index (χ0v) is 23.5. The van der Waals surface area contributed by atoms with Crippen LogP contribution in [0.4, 0.5) is 4.39 Å². The lowest BCUT2D eigenvalue weighted by Crippen LogP contribution is -2.59. The van der Waals surface area contributed by atoms with E-state index >= 15 is 4.39 Å². The van der Waals surface area contributed by atoms with Crippen LogP contribution in [0.25, 0.3) is 10.4 Å². The number of aliphatic hydroxyl groups excluding tert-OH is 1. The van der Waals surface area contributed by atoms with E-state index in [9.17, 15) is 24.8 Å². The third-order valence-electron chi connectivity index (χ3n) is 7.50. The van der Waals surface area contributed by atoms with Crippen LogP contribution < -0.4 is 10.6 Å². The number of β-amino-alcohol motifs (C(OH)–C–C–N with tert-alkyl or cyclic N) is 1. The van der Waals surface area contributed by atoms with E-state index in [4.69, 9.17) is 0 Å². The van der Waals surface area contributed by atoms with E-state index in [2.05, 4.69) is 15.6 Å². The highest BCUT2D eigenvalue weighted by Gasteiger charge is 2.54. The van der Waals surface area contributed by atoms with Crippen LogP contribution in [0.2, 0.25) is 0 Å². The molecule has 11 heteroatoms. The highest BCUT2D eigenvalue weighted by atomic mass is 32.1. The van der Waals surface area contributed by atoms with Crippen LogP contribution >= 0.6 is 11.3 Å². The molecular formula is C28H34FN5O4S. The quantitative estimate of drug-likeness (QED) is 0.481. The van der Waals surface area contributed by atoms with Crippen LogP contribution in [0.3, 0.4) is 0 Å². The molecule has 1 aromatic heterocycles. The number of amides is 3. The second-order valence-corrected chi connectivity index (χ2v) is 12.4. The maximum absolute atomic E-state index is 15.2. The number of nitrogens with one attached hydrogen (secondary N) is 2. The second kappa shape index (κ2) is 10.7. The van der Waals surface area contributed by atoms with Crippen molar-refractivity contribution in [1.82, 2.24) is 20.5 Å². The first-order valence-corrected chi connectivity index (χ1v) is 13.8. The standard InChI is InChI=1S/C28H34FN5O4S/c1-15(17-6-8-18(9-7-17)22-16(2)31-14-39-22)32-24(36)21-20(29)19(35)12-34(21)25(37)23(27(3,4)5)33-26(38)28(13-30)10-11-28/h6-9,14-15,19-21,23,35H,10-12H2,1-5H3,(H,32,36)(H,33,38)/t15-,19-,20-,21-,23+/m0/s1. The van der Waals surface area contributed by atoms with Gasteiger partial charge in [0.2, 0.25) is 17.7 Å². The van der Waals surface area contributed by atoms with E-state index in [1.807, 2.05) is 37.3 Å². The average Bonchev–Trinajstić information content (AvgIpc) is 3.49. The summed E-state index contributed by atoms with van der Waals surface area (Å²) in [5.74, 6) is -1.97. The molecule has 5 atom stereocenters. The summed E-state index contributed by atoms with van der Waals surface area (Å²) < 4.78 is 15.2. The predicted molar refractivity (Wildman–Crippen MR) is 144 cm³/mol. The number of nitrogens with zero attached hydrogens (tertiary/aromatic N) is 3. The maximum Gasteiger partial charge on any atom is 0.246 e. The minimum atomic E-state index is -2.00. The van der Waals surface area contributed by atoms with Gasteiger partial charge < -0.3 is 20.6 Å². The molecule has 0 radical (unpaired) electrons. The zero-order chi connectivity index (χ0) is 28.7. The van der Waals surface area contributed by atoms with Crippen molar-refractivity contribution in [2.45, 2.75) is 77.9 Å². The van der Waals surface area contributed by atoms with Crippen molar-refractivity contribution < 1.29 is 23.9 Å². The maximum atomic E-state index is 15.2. The number of carbonyl (C=O) groups excluding carboxylic acids is 3. The van der Waals surface area contributed by atoms with Gasteiger partial charge in [-0.3, -0.25) is 14.4 Å². The predicted octanol–water partition coefficient (Wildman–Crippen LogP) is 3.04. The molecule has 1 aliphatic heterocycles. The lowest BCUT2D eigenvalue weighted by molar-refractivity contribution is -0.145. The van der Waals surface area contributed by atoms with Crippen LogP contribution in [0.1, 0.15) is 57.8 Å². The number of alkyl halides is 1. The topological polar surface area (TPSA) is 135 Å². The molecule has 3 amide bonds. The molecule has 39 heavy (non-hydrogen) atoms. The SMILES string of the molecule is Cc1ncsc1-c1ccc([C@H](C)NC(=O)[C@@H]2[C@@H](F)[C@@H](O)CN2C(=O)[C@@H](NC(=O)C2(C#N)CC2)C(C)(C)C)cc1. The molecule has 208 valence electrons. The third kappa shape index (κ3) is 5.68. The first-order chi connectivity index (χ1) is 18.3. The van der Waals surface area contributed by atoms with Gasteiger partial charge in [-0.25, -0.2) is 9.37 Å². The van der Waals surface area contributed by atoms with Crippen molar-refractivity contribution in [3.05, 3.63) is 41.0 Å². The summed E-state index contributed by atoms with van der Waals surface area (Å²) in [6.07, 6.45) is -2.73. The van der Waals surface area contributed by atoms with Gasteiger partial charge >= 0.3 is 0 Å². The third-order valence-corrected chi connectivity index (χ3v) is 8.48. The Morgan fingerprint density at radius 3 is 2.38 bits per heavy atom. The lowest BCUT2D eigenvalue weighted by atomic mass is 9.85. The summed E-state index contributed by atoms with van der Waals surface area (Å²) in [6, 6.07) is 6.41. The molecule has 1 aromatic carbocycles. The molecule has 2 aromatic rings. The van der Waals surface area contributed by atoms with Crippen molar-refractivity contribution in [1.29, 1.82) is 5.26 Å².